The van der Waals surface area contributed by atoms with Gasteiger partial charge in [0.2, 0.25) is 15.9 Å². The molecule has 0 saturated heterocycles. The lowest BCUT2D eigenvalue weighted by Gasteiger charge is -2.22. The van der Waals surface area contributed by atoms with E-state index in [1.54, 1.807) is 6.92 Å². The summed E-state index contributed by atoms with van der Waals surface area (Å²) in [7, 11) is -2.38. The second-order valence-corrected chi connectivity index (χ2v) is 6.97. The minimum atomic E-state index is -3.84. The van der Waals surface area contributed by atoms with Crippen LogP contribution in [0.15, 0.2) is 17.0 Å². The lowest BCUT2D eigenvalue weighted by atomic mass is 10.2. The van der Waals surface area contributed by atoms with Gasteiger partial charge in [-0.05, 0) is 31.0 Å². The molecule has 0 saturated carbocycles. The molecule has 0 aliphatic carbocycles. The fourth-order valence-electron chi connectivity index (χ4n) is 1.85. The minimum absolute atomic E-state index is 0.0323. The molecule has 1 aromatic carbocycles. The number of hydrogen-bond donors (Lipinski definition) is 2. The molecule has 6 nitrogen and oxygen atoms in total. The molecule has 21 heavy (non-hydrogen) atoms. The van der Waals surface area contributed by atoms with Gasteiger partial charge < -0.3 is 11.1 Å². The fraction of sp³-hybridized carbons (Fsp3) is 0.462. The zero-order valence-electron chi connectivity index (χ0n) is 12.3. The van der Waals surface area contributed by atoms with Gasteiger partial charge in [-0.3, -0.25) is 4.79 Å². The Bertz CT molecular complexity index is 632. The lowest BCUT2D eigenvalue weighted by Crippen LogP contribution is -2.40. The van der Waals surface area contributed by atoms with Crippen molar-refractivity contribution in [2.45, 2.75) is 25.2 Å². The smallest absolute Gasteiger partial charge is 0.243 e. The van der Waals surface area contributed by atoms with Gasteiger partial charge in [0.25, 0.3) is 0 Å². The summed E-state index contributed by atoms with van der Waals surface area (Å²) < 4.78 is 26.6. The van der Waals surface area contributed by atoms with E-state index in [0.717, 1.165) is 4.31 Å². The van der Waals surface area contributed by atoms with Crippen molar-refractivity contribution >= 4 is 33.2 Å². The Balaban J connectivity index is 3.32. The molecule has 0 spiro atoms. The molecule has 118 valence electrons. The van der Waals surface area contributed by atoms with Crippen LogP contribution in [0.4, 0.5) is 5.69 Å². The maximum atomic E-state index is 12.7. The summed E-state index contributed by atoms with van der Waals surface area (Å²) in [5, 5.41) is 2.66. The first-order valence-corrected chi connectivity index (χ1v) is 8.32. The monoisotopic (exact) mass is 333 g/mol. The number of halogens is 1. The molecule has 1 amide bonds. The van der Waals surface area contributed by atoms with E-state index in [4.69, 9.17) is 17.3 Å². The van der Waals surface area contributed by atoms with Crippen molar-refractivity contribution in [2.24, 2.45) is 0 Å². The Morgan fingerprint density at radius 1 is 1.43 bits per heavy atom. The summed E-state index contributed by atoms with van der Waals surface area (Å²) >= 11 is 5.90. The van der Waals surface area contributed by atoms with E-state index in [2.05, 4.69) is 5.32 Å². The molecule has 0 fully saturated rings. The molecule has 0 atom stereocenters. The van der Waals surface area contributed by atoms with Gasteiger partial charge in [0.15, 0.2) is 0 Å². The topological polar surface area (TPSA) is 92.5 Å². The Kier molecular flexibility index (Phi) is 6.00. The average Bonchev–Trinajstić information content (AvgIpc) is 2.41. The summed E-state index contributed by atoms with van der Waals surface area (Å²) in [5.74, 6) is -0.375. The van der Waals surface area contributed by atoms with Crippen LogP contribution in [-0.4, -0.2) is 38.8 Å². The average molecular weight is 334 g/mol. The molecule has 8 heteroatoms. The van der Waals surface area contributed by atoms with E-state index in [9.17, 15) is 13.2 Å². The highest BCUT2D eigenvalue weighted by Gasteiger charge is 2.28. The van der Waals surface area contributed by atoms with Gasteiger partial charge in [-0.2, -0.15) is 4.31 Å². The molecule has 1 rings (SSSR count). The van der Waals surface area contributed by atoms with Crippen molar-refractivity contribution in [2.75, 3.05) is 25.9 Å². The van der Waals surface area contributed by atoms with Crippen LogP contribution in [0.1, 0.15) is 18.9 Å². The summed E-state index contributed by atoms with van der Waals surface area (Å²) in [6, 6.07) is 2.86. The molecule has 0 bridgehead atoms. The summed E-state index contributed by atoms with van der Waals surface area (Å²) in [4.78, 5) is 11.6. The normalized spacial score (nSPS) is 11.7. The van der Waals surface area contributed by atoms with Gasteiger partial charge in [0.05, 0.1) is 11.4 Å². The number of rotatable bonds is 6. The van der Waals surface area contributed by atoms with Gasteiger partial charge in [0, 0.05) is 24.3 Å². The van der Waals surface area contributed by atoms with Crippen LogP contribution in [0, 0.1) is 6.92 Å². The Hall–Kier alpha value is -1.31. The standard InChI is InChI=1S/C13H20ClN3O3S/c1-4-5-17(8-13(18)16-3)21(19,20)12-7-10(14)6-11(15)9(12)2/h6-7H,4-5,8,15H2,1-3H3,(H,16,18). The van der Waals surface area contributed by atoms with Gasteiger partial charge in [-0.25, -0.2) is 8.42 Å². The molecule has 0 radical (unpaired) electrons. The zero-order chi connectivity index (χ0) is 16.2. The van der Waals surface area contributed by atoms with Crippen LogP contribution in [0.3, 0.4) is 0 Å². The van der Waals surface area contributed by atoms with Gasteiger partial charge >= 0.3 is 0 Å². The maximum Gasteiger partial charge on any atom is 0.243 e. The molecule has 3 N–H and O–H groups in total. The van der Waals surface area contributed by atoms with Crippen LogP contribution < -0.4 is 11.1 Å². The van der Waals surface area contributed by atoms with E-state index >= 15 is 0 Å². The lowest BCUT2D eigenvalue weighted by molar-refractivity contribution is -0.120. The Labute approximate surface area is 130 Å². The van der Waals surface area contributed by atoms with E-state index < -0.39 is 10.0 Å². The third kappa shape index (κ3) is 4.09. The number of hydrogen-bond acceptors (Lipinski definition) is 4. The van der Waals surface area contributed by atoms with Gasteiger partial charge in [0.1, 0.15) is 0 Å². The number of nitrogens with one attached hydrogen (secondary N) is 1. The highest BCUT2D eigenvalue weighted by atomic mass is 35.5. The summed E-state index contributed by atoms with van der Waals surface area (Å²) in [6.45, 7) is 3.45. The van der Waals surface area contributed by atoms with E-state index in [-0.39, 0.29) is 28.9 Å². The summed E-state index contributed by atoms with van der Waals surface area (Å²) in [6.07, 6.45) is 0.589. The number of benzene rings is 1. The van der Waals surface area contributed by atoms with E-state index in [0.29, 0.717) is 17.7 Å². The van der Waals surface area contributed by atoms with Crippen molar-refractivity contribution in [3.8, 4) is 0 Å². The van der Waals surface area contributed by atoms with E-state index in [1.807, 2.05) is 6.92 Å². The molecule has 1 aromatic rings. The Morgan fingerprint density at radius 2 is 2.05 bits per heavy atom. The van der Waals surface area contributed by atoms with Crippen LogP contribution in [0.25, 0.3) is 0 Å². The second kappa shape index (κ2) is 7.11. The van der Waals surface area contributed by atoms with Crippen LogP contribution in [-0.2, 0) is 14.8 Å². The number of carbonyl (C=O) groups is 1. The minimum Gasteiger partial charge on any atom is -0.398 e. The molecular formula is C13H20ClN3O3S. The number of carbonyl (C=O) groups excluding carboxylic acids is 1. The van der Waals surface area contributed by atoms with Crippen molar-refractivity contribution in [3.05, 3.63) is 22.7 Å². The van der Waals surface area contributed by atoms with E-state index in [1.165, 1.54) is 19.2 Å². The van der Waals surface area contributed by atoms with Crippen molar-refractivity contribution in [1.82, 2.24) is 9.62 Å². The first kappa shape index (κ1) is 17.7. The van der Waals surface area contributed by atoms with Crippen LogP contribution in [0.5, 0.6) is 0 Å². The largest absolute Gasteiger partial charge is 0.398 e. The predicted octanol–water partition coefficient (Wildman–Crippen LogP) is 1.38. The number of likely N-dealkylation sites (N-methyl/N-ethyl adjacent to an activating group) is 1. The number of nitrogens with two attached hydrogens (primary N) is 1. The molecule has 0 aliphatic heterocycles. The van der Waals surface area contributed by atoms with Crippen molar-refractivity contribution in [1.29, 1.82) is 0 Å². The zero-order valence-corrected chi connectivity index (χ0v) is 13.9. The van der Waals surface area contributed by atoms with Gasteiger partial charge in [-0.15, -0.1) is 0 Å². The SMILES string of the molecule is CCCN(CC(=O)NC)S(=O)(=O)c1cc(Cl)cc(N)c1C. The third-order valence-electron chi connectivity index (χ3n) is 3.05. The molecular weight excluding hydrogens is 314 g/mol. The maximum absolute atomic E-state index is 12.7. The summed E-state index contributed by atoms with van der Waals surface area (Å²) in [5.41, 5.74) is 6.50. The van der Waals surface area contributed by atoms with Crippen LogP contribution in [0.2, 0.25) is 5.02 Å². The first-order chi connectivity index (χ1) is 9.73. The highest BCUT2D eigenvalue weighted by molar-refractivity contribution is 7.89. The fourth-order valence-corrected chi connectivity index (χ4v) is 3.91. The number of amides is 1. The van der Waals surface area contributed by atoms with Crippen molar-refractivity contribution in [3.63, 3.8) is 0 Å². The number of nitrogen functional groups attached to an aromatic ring is 1. The molecule has 0 unspecified atom stereocenters. The highest BCUT2D eigenvalue weighted by Crippen LogP contribution is 2.28. The molecule has 0 aliphatic rings. The third-order valence-corrected chi connectivity index (χ3v) is 5.24. The van der Waals surface area contributed by atoms with Crippen molar-refractivity contribution < 1.29 is 13.2 Å². The van der Waals surface area contributed by atoms with Crippen LogP contribution >= 0.6 is 11.6 Å². The molecule has 0 heterocycles. The quantitative estimate of drug-likeness (QED) is 0.769. The Morgan fingerprint density at radius 3 is 2.57 bits per heavy atom. The molecule has 0 aromatic heterocycles. The number of sulfonamides is 1. The van der Waals surface area contributed by atoms with Gasteiger partial charge in [-0.1, -0.05) is 18.5 Å². The number of anilines is 1. The predicted molar refractivity (Wildman–Crippen MR) is 83.7 cm³/mol. The first-order valence-electron chi connectivity index (χ1n) is 6.50. The second-order valence-electron chi connectivity index (χ2n) is 4.63. The number of nitrogens with zero attached hydrogens (tertiary/aromatic N) is 1.